The van der Waals surface area contributed by atoms with E-state index in [4.69, 9.17) is 5.26 Å². The minimum Gasteiger partial charge on any atom is -0.311 e. The number of carbonyl (C=O) groups is 2. The maximum absolute atomic E-state index is 13.1. The number of benzene rings is 1. The predicted molar refractivity (Wildman–Crippen MR) is 75.2 cm³/mol. The Labute approximate surface area is 128 Å². The largest absolute Gasteiger partial charge is 0.418 e. The van der Waals surface area contributed by atoms with E-state index in [1.54, 1.807) is 6.07 Å². The fourth-order valence-electron chi connectivity index (χ4n) is 2.29. The fraction of sp³-hybridized carbons (Fsp3) is 0.357. The zero-order valence-electron chi connectivity index (χ0n) is 11.5. The third-order valence-corrected chi connectivity index (χ3v) is 4.13. The van der Waals surface area contributed by atoms with Crippen LogP contribution in [0.1, 0.15) is 24.5 Å². The van der Waals surface area contributed by atoms with Crippen LogP contribution in [0, 0.1) is 11.3 Å². The van der Waals surface area contributed by atoms with Crippen LogP contribution in [-0.4, -0.2) is 22.8 Å². The van der Waals surface area contributed by atoms with Crippen molar-refractivity contribution in [1.82, 2.24) is 0 Å². The van der Waals surface area contributed by atoms with E-state index >= 15 is 0 Å². The topological polar surface area (TPSA) is 61.2 Å². The Hall–Kier alpha value is -2.01. The number of hydrogen-bond donors (Lipinski definition) is 0. The third-order valence-electron chi connectivity index (χ3n) is 3.14. The Balaban J connectivity index is 2.39. The van der Waals surface area contributed by atoms with Crippen molar-refractivity contribution in [3.63, 3.8) is 0 Å². The summed E-state index contributed by atoms with van der Waals surface area (Å²) in [6, 6.07) is 4.75. The van der Waals surface area contributed by atoms with Gasteiger partial charge < -0.3 is 4.90 Å². The van der Waals surface area contributed by atoms with Gasteiger partial charge in [0, 0.05) is 25.1 Å². The summed E-state index contributed by atoms with van der Waals surface area (Å²) in [5.41, 5.74) is -1.42. The summed E-state index contributed by atoms with van der Waals surface area (Å²) in [6.07, 6.45) is -4.66. The minimum atomic E-state index is -4.67. The summed E-state index contributed by atoms with van der Waals surface area (Å²) >= 11 is 0.950. The van der Waals surface area contributed by atoms with E-state index in [1.165, 1.54) is 13.0 Å². The van der Waals surface area contributed by atoms with E-state index < -0.39 is 17.6 Å². The average Bonchev–Trinajstić information content (AvgIpc) is 2.76. The van der Waals surface area contributed by atoms with Crippen LogP contribution < -0.4 is 4.90 Å². The molecule has 0 spiro atoms. The summed E-state index contributed by atoms with van der Waals surface area (Å²) < 4.78 is 39.4. The van der Waals surface area contributed by atoms with Gasteiger partial charge >= 0.3 is 6.18 Å². The highest BCUT2D eigenvalue weighted by molar-refractivity contribution is 8.14. The SMILES string of the molecule is CC(=O)SC1CC(=O)N(c2ccc(C#N)cc2C(F)(F)F)C1. The van der Waals surface area contributed by atoms with Crippen molar-refractivity contribution in [2.75, 3.05) is 11.4 Å². The number of hydrogen-bond acceptors (Lipinski definition) is 4. The van der Waals surface area contributed by atoms with Gasteiger partial charge in [-0.2, -0.15) is 18.4 Å². The average molecular weight is 328 g/mol. The van der Waals surface area contributed by atoms with Crippen molar-refractivity contribution >= 4 is 28.5 Å². The quantitative estimate of drug-likeness (QED) is 0.837. The van der Waals surface area contributed by atoms with E-state index in [-0.39, 0.29) is 34.6 Å². The first-order chi connectivity index (χ1) is 10.2. The van der Waals surface area contributed by atoms with Crippen molar-refractivity contribution in [3.8, 4) is 6.07 Å². The lowest BCUT2D eigenvalue weighted by atomic mass is 10.1. The molecule has 0 N–H and O–H groups in total. The second-order valence-corrected chi connectivity index (χ2v) is 6.26. The van der Waals surface area contributed by atoms with Gasteiger partial charge in [-0.1, -0.05) is 11.8 Å². The molecule has 116 valence electrons. The highest BCUT2D eigenvalue weighted by Gasteiger charge is 2.39. The highest BCUT2D eigenvalue weighted by Crippen LogP contribution is 2.39. The first kappa shape index (κ1) is 16.4. The van der Waals surface area contributed by atoms with Gasteiger partial charge in [0.05, 0.1) is 22.9 Å². The molecule has 0 aliphatic carbocycles. The van der Waals surface area contributed by atoms with Gasteiger partial charge in [0.1, 0.15) is 0 Å². The molecule has 22 heavy (non-hydrogen) atoms. The van der Waals surface area contributed by atoms with E-state index in [9.17, 15) is 22.8 Å². The first-order valence-electron chi connectivity index (χ1n) is 6.31. The van der Waals surface area contributed by atoms with Crippen LogP contribution in [0.3, 0.4) is 0 Å². The van der Waals surface area contributed by atoms with E-state index in [0.717, 1.165) is 28.8 Å². The van der Waals surface area contributed by atoms with Crippen molar-refractivity contribution in [2.45, 2.75) is 24.8 Å². The molecule has 1 unspecified atom stereocenters. The number of rotatable bonds is 2. The molecule has 1 amide bonds. The van der Waals surface area contributed by atoms with Gasteiger partial charge in [0.15, 0.2) is 5.12 Å². The molecule has 1 aliphatic rings. The molecule has 1 atom stereocenters. The van der Waals surface area contributed by atoms with Crippen LogP contribution in [0.4, 0.5) is 18.9 Å². The molecular formula is C14H11F3N2O2S. The van der Waals surface area contributed by atoms with E-state index in [2.05, 4.69) is 0 Å². The van der Waals surface area contributed by atoms with Gasteiger partial charge in [-0.05, 0) is 18.2 Å². The van der Waals surface area contributed by atoms with Crippen LogP contribution in [0.2, 0.25) is 0 Å². The molecule has 0 radical (unpaired) electrons. The summed E-state index contributed by atoms with van der Waals surface area (Å²) in [6.45, 7) is 1.39. The minimum absolute atomic E-state index is 0.0154. The van der Waals surface area contributed by atoms with Gasteiger partial charge in [0.2, 0.25) is 5.91 Å². The van der Waals surface area contributed by atoms with Crippen LogP contribution >= 0.6 is 11.8 Å². The lowest BCUT2D eigenvalue weighted by molar-refractivity contribution is -0.137. The zero-order valence-corrected chi connectivity index (χ0v) is 12.3. The summed E-state index contributed by atoms with van der Waals surface area (Å²) in [4.78, 5) is 24.1. The number of nitriles is 1. The molecular weight excluding hydrogens is 317 g/mol. The molecule has 4 nitrogen and oxygen atoms in total. The Kier molecular flexibility index (Phi) is 4.47. The second-order valence-electron chi connectivity index (χ2n) is 4.78. The lowest BCUT2D eigenvalue weighted by Gasteiger charge is -2.21. The number of amides is 1. The van der Waals surface area contributed by atoms with Crippen molar-refractivity contribution in [3.05, 3.63) is 29.3 Å². The van der Waals surface area contributed by atoms with Crippen LogP contribution in [0.15, 0.2) is 18.2 Å². The zero-order chi connectivity index (χ0) is 16.5. The smallest absolute Gasteiger partial charge is 0.311 e. The van der Waals surface area contributed by atoms with Crippen LogP contribution in [0.25, 0.3) is 0 Å². The number of halogens is 3. The molecule has 1 aromatic carbocycles. The monoisotopic (exact) mass is 328 g/mol. The van der Waals surface area contributed by atoms with Gasteiger partial charge in [-0.3, -0.25) is 9.59 Å². The molecule has 0 aromatic heterocycles. The number of carbonyl (C=O) groups excluding carboxylic acids is 2. The second kappa shape index (κ2) is 6.01. The normalized spacial score (nSPS) is 18.4. The number of thioether (sulfide) groups is 1. The van der Waals surface area contributed by atoms with Crippen LogP contribution in [-0.2, 0) is 15.8 Å². The fourth-order valence-corrected chi connectivity index (χ4v) is 3.21. The molecule has 1 fully saturated rings. The molecule has 1 heterocycles. The molecule has 8 heteroatoms. The Bertz CT molecular complexity index is 667. The van der Waals surface area contributed by atoms with Crippen molar-refractivity contribution < 1.29 is 22.8 Å². The summed E-state index contributed by atoms with van der Waals surface area (Å²) in [5.74, 6) is -0.464. The lowest BCUT2D eigenvalue weighted by Crippen LogP contribution is -2.27. The van der Waals surface area contributed by atoms with Crippen molar-refractivity contribution in [2.24, 2.45) is 0 Å². The molecule has 0 bridgehead atoms. The number of anilines is 1. The Morgan fingerprint density at radius 2 is 2.14 bits per heavy atom. The standard InChI is InChI=1S/C14H11F3N2O2S/c1-8(20)22-10-5-13(21)19(7-10)12-3-2-9(6-18)4-11(12)14(15,16)17/h2-4,10H,5,7H2,1H3. The Morgan fingerprint density at radius 1 is 1.45 bits per heavy atom. The molecule has 1 aromatic rings. The number of nitrogens with zero attached hydrogens (tertiary/aromatic N) is 2. The summed E-state index contributed by atoms with van der Waals surface area (Å²) in [5, 5.41) is 8.19. The van der Waals surface area contributed by atoms with Gasteiger partial charge in [-0.15, -0.1) is 0 Å². The summed E-state index contributed by atoms with van der Waals surface area (Å²) in [7, 11) is 0. The van der Waals surface area contributed by atoms with Gasteiger partial charge in [0.25, 0.3) is 0 Å². The van der Waals surface area contributed by atoms with Crippen molar-refractivity contribution in [1.29, 1.82) is 5.26 Å². The van der Waals surface area contributed by atoms with Crippen LogP contribution in [0.5, 0.6) is 0 Å². The maximum atomic E-state index is 13.1. The molecule has 0 saturated carbocycles. The first-order valence-corrected chi connectivity index (χ1v) is 7.19. The Morgan fingerprint density at radius 3 is 2.68 bits per heavy atom. The third kappa shape index (κ3) is 3.42. The van der Waals surface area contributed by atoms with E-state index in [1.807, 2.05) is 0 Å². The molecule has 1 saturated heterocycles. The maximum Gasteiger partial charge on any atom is 0.418 e. The molecule has 2 rings (SSSR count). The predicted octanol–water partition coefficient (Wildman–Crippen LogP) is 2.96. The molecule has 1 aliphatic heterocycles. The van der Waals surface area contributed by atoms with E-state index in [0.29, 0.717) is 0 Å². The highest BCUT2D eigenvalue weighted by atomic mass is 32.2. The number of alkyl halides is 3. The van der Waals surface area contributed by atoms with Gasteiger partial charge in [-0.25, -0.2) is 0 Å².